The molecule has 0 saturated heterocycles. The summed E-state index contributed by atoms with van der Waals surface area (Å²) in [4.78, 5) is 11.6. The number of hydrogen-bond acceptors (Lipinski definition) is 3. The first kappa shape index (κ1) is 21.0. The van der Waals surface area contributed by atoms with Crippen LogP contribution in [0.25, 0.3) is 0 Å². The summed E-state index contributed by atoms with van der Waals surface area (Å²) < 4.78 is 37.5. The summed E-state index contributed by atoms with van der Waals surface area (Å²) in [6, 6.07) is 7.90. The molecule has 7 heteroatoms. The van der Waals surface area contributed by atoms with Crippen LogP contribution in [-0.4, -0.2) is 19.1 Å². The molecule has 0 aromatic heterocycles. The topological polar surface area (TPSA) is 64.9 Å². The lowest BCUT2D eigenvalue weighted by Gasteiger charge is -2.12. The van der Waals surface area contributed by atoms with E-state index in [0.717, 1.165) is 0 Å². The van der Waals surface area contributed by atoms with Gasteiger partial charge in [-0.1, -0.05) is 18.7 Å². The van der Waals surface area contributed by atoms with Crippen molar-refractivity contribution in [3.63, 3.8) is 0 Å². The molecule has 128 valence electrons. The van der Waals surface area contributed by atoms with Crippen LogP contribution < -0.4 is 10.6 Å². The number of halogens is 3. The van der Waals surface area contributed by atoms with Crippen molar-refractivity contribution in [2.75, 3.05) is 12.4 Å². The third-order valence-corrected chi connectivity index (χ3v) is 2.43. The van der Waals surface area contributed by atoms with Gasteiger partial charge in [0.05, 0.1) is 17.2 Å². The van der Waals surface area contributed by atoms with Gasteiger partial charge in [0.25, 0.3) is 5.91 Å². The average Bonchev–Trinajstić information content (AvgIpc) is 2.53. The Morgan fingerprint density at radius 2 is 1.96 bits per heavy atom. The number of alkyl halides is 3. The van der Waals surface area contributed by atoms with Crippen LogP contribution in [0.4, 0.5) is 18.9 Å². The second-order valence-corrected chi connectivity index (χ2v) is 4.39. The fraction of sp³-hybridized carbons (Fsp3) is 0.176. The first-order valence-corrected chi connectivity index (χ1v) is 6.73. The maximum atomic E-state index is 12.5. The van der Waals surface area contributed by atoms with E-state index >= 15 is 0 Å². The van der Waals surface area contributed by atoms with Crippen LogP contribution in [0.3, 0.4) is 0 Å². The Morgan fingerprint density at radius 3 is 2.42 bits per heavy atom. The van der Waals surface area contributed by atoms with Gasteiger partial charge in [0, 0.05) is 12.7 Å². The molecule has 0 fully saturated rings. The molecule has 0 aliphatic carbocycles. The lowest BCUT2D eigenvalue weighted by Crippen LogP contribution is -2.25. The van der Waals surface area contributed by atoms with Crippen LogP contribution in [0.2, 0.25) is 0 Å². The molecule has 1 amide bonds. The summed E-state index contributed by atoms with van der Waals surface area (Å²) in [5.41, 5.74) is -0.857. The Kier molecular flexibility index (Phi) is 8.65. The van der Waals surface area contributed by atoms with Crippen LogP contribution in [-0.2, 0) is 4.79 Å². The summed E-state index contributed by atoms with van der Waals surface area (Å²) >= 11 is 0. The molecular formula is C17H18F3N3O. The van der Waals surface area contributed by atoms with E-state index in [1.54, 1.807) is 12.1 Å². The third-order valence-electron chi connectivity index (χ3n) is 2.43. The monoisotopic (exact) mass is 337 g/mol. The van der Waals surface area contributed by atoms with Crippen molar-refractivity contribution in [1.29, 1.82) is 5.26 Å². The molecular weight excluding hydrogens is 319 g/mol. The van der Waals surface area contributed by atoms with E-state index < -0.39 is 17.7 Å². The summed E-state index contributed by atoms with van der Waals surface area (Å²) in [7, 11) is 1.29. The molecule has 4 nitrogen and oxygen atoms in total. The number of amides is 1. The minimum absolute atomic E-state index is 0.311. The standard InChI is InChI=1S/C14H12F3N3O.C3H6/c1-9(14(15,16)17)6-12(13(21)19-2)20-11-5-3-4-10(7-11)8-18;1-3-2/h3-7,20H,1H2,2H3,(H,19,21);3H,1H2,2H3/b12-6-;. The van der Waals surface area contributed by atoms with E-state index in [1.807, 2.05) is 13.0 Å². The number of carbonyl (C=O) groups excluding carboxylic acids is 1. The number of carbonyl (C=O) groups is 1. The number of hydrogen-bond donors (Lipinski definition) is 2. The molecule has 0 unspecified atom stereocenters. The highest BCUT2D eigenvalue weighted by Crippen LogP contribution is 2.26. The molecule has 0 spiro atoms. The van der Waals surface area contributed by atoms with Crippen molar-refractivity contribution in [3.8, 4) is 6.07 Å². The maximum Gasteiger partial charge on any atom is 0.415 e. The molecule has 0 saturated carbocycles. The highest BCUT2D eigenvalue weighted by molar-refractivity contribution is 5.96. The first-order chi connectivity index (χ1) is 11.2. The third kappa shape index (κ3) is 7.31. The van der Waals surface area contributed by atoms with Crippen LogP contribution in [0.15, 0.2) is 60.8 Å². The predicted octanol–water partition coefficient (Wildman–Crippen LogP) is 3.91. The smallest absolute Gasteiger partial charge is 0.354 e. The zero-order valence-electron chi connectivity index (χ0n) is 13.4. The number of nitrogens with one attached hydrogen (secondary N) is 2. The zero-order chi connectivity index (χ0) is 18.8. The molecule has 1 rings (SSSR count). The minimum atomic E-state index is -4.63. The second-order valence-electron chi connectivity index (χ2n) is 4.39. The van der Waals surface area contributed by atoms with Crippen molar-refractivity contribution < 1.29 is 18.0 Å². The molecule has 0 aliphatic heterocycles. The molecule has 0 aliphatic rings. The summed E-state index contributed by atoms with van der Waals surface area (Å²) in [5.74, 6) is -0.734. The Bertz CT molecular complexity index is 670. The van der Waals surface area contributed by atoms with E-state index in [0.29, 0.717) is 17.3 Å². The Hall–Kier alpha value is -3.01. The maximum absolute atomic E-state index is 12.5. The lowest BCUT2D eigenvalue weighted by molar-refractivity contribution is -0.116. The number of nitriles is 1. The van der Waals surface area contributed by atoms with Crippen molar-refractivity contribution in [2.24, 2.45) is 0 Å². The van der Waals surface area contributed by atoms with E-state index in [9.17, 15) is 18.0 Å². The Labute approximate surface area is 139 Å². The number of allylic oxidation sites excluding steroid dienone is 3. The number of likely N-dealkylation sites (N-methyl/N-ethyl adjacent to an activating group) is 1. The van der Waals surface area contributed by atoms with E-state index in [4.69, 9.17) is 5.26 Å². The van der Waals surface area contributed by atoms with Gasteiger partial charge in [0.15, 0.2) is 0 Å². The molecule has 0 bridgehead atoms. The number of rotatable bonds is 4. The Morgan fingerprint density at radius 1 is 1.38 bits per heavy atom. The van der Waals surface area contributed by atoms with Gasteiger partial charge in [-0.2, -0.15) is 18.4 Å². The van der Waals surface area contributed by atoms with Crippen LogP contribution >= 0.6 is 0 Å². The quantitative estimate of drug-likeness (QED) is 0.497. The number of nitrogens with zero attached hydrogens (tertiary/aromatic N) is 1. The molecule has 0 heterocycles. The SMILES string of the molecule is C=C(/C=C(\Nc1cccc(C#N)c1)C(=O)NC)C(F)(F)F.C=CC. The summed E-state index contributed by atoms with van der Waals surface area (Å²) in [6.45, 7) is 8.13. The van der Waals surface area contributed by atoms with Gasteiger partial charge in [0.1, 0.15) is 5.70 Å². The van der Waals surface area contributed by atoms with Crippen LogP contribution in [0.5, 0.6) is 0 Å². The number of anilines is 1. The van der Waals surface area contributed by atoms with Crippen molar-refractivity contribution in [3.05, 3.63) is 66.4 Å². The van der Waals surface area contributed by atoms with E-state index in [-0.39, 0.29) is 5.70 Å². The largest absolute Gasteiger partial charge is 0.415 e. The fourth-order valence-electron chi connectivity index (χ4n) is 1.37. The van der Waals surface area contributed by atoms with Crippen molar-refractivity contribution in [1.82, 2.24) is 5.32 Å². The molecule has 1 aromatic carbocycles. The molecule has 0 atom stereocenters. The van der Waals surface area contributed by atoms with Gasteiger partial charge in [-0.25, -0.2) is 0 Å². The zero-order valence-corrected chi connectivity index (χ0v) is 13.4. The molecule has 2 N–H and O–H groups in total. The van der Waals surface area contributed by atoms with Gasteiger partial charge >= 0.3 is 6.18 Å². The fourth-order valence-corrected chi connectivity index (χ4v) is 1.37. The lowest BCUT2D eigenvalue weighted by atomic mass is 10.2. The minimum Gasteiger partial charge on any atom is -0.354 e. The highest BCUT2D eigenvalue weighted by Gasteiger charge is 2.31. The Balaban J connectivity index is 0.00000163. The normalized spacial score (nSPS) is 10.6. The van der Waals surface area contributed by atoms with Gasteiger partial charge in [-0.3, -0.25) is 4.79 Å². The molecule has 24 heavy (non-hydrogen) atoms. The second kappa shape index (κ2) is 9.90. The summed E-state index contributed by atoms with van der Waals surface area (Å²) in [6.07, 6.45) is -2.27. The highest BCUT2D eigenvalue weighted by atomic mass is 19.4. The first-order valence-electron chi connectivity index (χ1n) is 6.73. The average molecular weight is 337 g/mol. The van der Waals surface area contributed by atoms with Gasteiger partial charge in [-0.05, 0) is 31.2 Å². The van der Waals surface area contributed by atoms with E-state index in [1.165, 1.54) is 25.2 Å². The van der Waals surface area contributed by atoms with Crippen molar-refractivity contribution in [2.45, 2.75) is 13.1 Å². The van der Waals surface area contributed by atoms with Crippen LogP contribution in [0, 0.1) is 11.3 Å². The number of benzene rings is 1. The van der Waals surface area contributed by atoms with Crippen molar-refractivity contribution >= 4 is 11.6 Å². The van der Waals surface area contributed by atoms with Gasteiger partial charge in [-0.15, -0.1) is 6.58 Å². The molecule has 1 aromatic rings. The van der Waals surface area contributed by atoms with Gasteiger partial charge < -0.3 is 10.6 Å². The van der Waals surface area contributed by atoms with E-state index in [2.05, 4.69) is 23.8 Å². The van der Waals surface area contributed by atoms with Crippen LogP contribution in [0.1, 0.15) is 12.5 Å². The van der Waals surface area contributed by atoms with Gasteiger partial charge in [0.2, 0.25) is 0 Å². The summed E-state index contributed by atoms with van der Waals surface area (Å²) in [5, 5.41) is 13.5. The molecule has 0 radical (unpaired) electrons. The predicted molar refractivity (Wildman–Crippen MR) is 88.0 cm³/mol.